The molecule has 0 radical (unpaired) electrons. The van der Waals surface area contributed by atoms with E-state index >= 15 is 0 Å². The lowest BCUT2D eigenvalue weighted by Gasteiger charge is -2.22. The number of hydrogen-bond acceptors (Lipinski definition) is 2. The van der Waals surface area contributed by atoms with Crippen molar-refractivity contribution in [3.8, 4) is 0 Å². The third-order valence-corrected chi connectivity index (χ3v) is 3.87. The van der Waals surface area contributed by atoms with Crippen LogP contribution in [0.15, 0.2) is 22.7 Å². The van der Waals surface area contributed by atoms with Gasteiger partial charge in [-0.15, -0.1) is 0 Å². The molecule has 0 atom stereocenters. The second-order valence-corrected chi connectivity index (χ2v) is 5.13. The molecule has 0 saturated heterocycles. The topological polar surface area (TPSA) is 49.4 Å². The monoisotopic (exact) mass is 326 g/mol. The molecule has 0 saturated carbocycles. The van der Waals surface area contributed by atoms with Crippen molar-refractivity contribution in [2.45, 2.75) is 20.3 Å². The van der Waals surface area contributed by atoms with Crippen molar-refractivity contribution < 1.29 is 9.59 Å². The van der Waals surface area contributed by atoms with Gasteiger partial charge in [-0.05, 0) is 40.9 Å². The van der Waals surface area contributed by atoms with Crippen molar-refractivity contribution in [3.05, 3.63) is 33.8 Å². The molecule has 0 aliphatic carbocycles. The molecule has 19 heavy (non-hydrogen) atoms. The minimum atomic E-state index is -0.162. The van der Waals surface area contributed by atoms with Crippen LogP contribution >= 0.6 is 15.9 Å². The van der Waals surface area contributed by atoms with Crippen molar-refractivity contribution in [1.82, 2.24) is 10.2 Å². The maximum atomic E-state index is 12.5. The molecule has 0 unspecified atom stereocenters. The minimum absolute atomic E-state index is 0.0869. The van der Waals surface area contributed by atoms with Gasteiger partial charge in [0.2, 0.25) is 5.91 Å². The predicted molar refractivity (Wildman–Crippen MR) is 79.1 cm³/mol. The van der Waals surface area contributed by atoms with Crippen LogP contribution in [0.5, 0.6) is 0 Å². The number of amides is 2. The first-order chi connectivity index (χ1) is 9.01. The van der Waals surface area contributed by atoms with Crippen molar-refractivity contribution in [2.24, 2.45) is 0 Å². The van der Waals surface area contributed by atoms with E-state index in [-0.39, 0.29) is 18.4 Å². The van der Waals surface area contributed by atoms with E-state index in [2.05, 4.69) is 21.2 Å². The summed E-state index contributed by atoms with van der Waals surface area (Å²) in [5, 5.41) is 2.54. The number of rotatable bonds is 5. The number of nitrogens with zero attached hydrogens (tertiary/aromatic N) is 1. The Morgan fingerprint density at radius 2 is 2.05 bits per heavy atom. The van der Waals surface area contributed by atoms with Crippen LogP contribution in [0.2, 0.25) is 0 Å². The molecule has 2 amide bonds. The van der Waals surface area contributed by atoms with Gasteiger partial charge in [0, 0.05) is 18.1 Å². The predicted octanol–water partition coefficient (Wildman–Crippen LogP) is 2.36. The number of likely N-dealkylation sites (N-methyl/N-ethyl adjacent to an activating group) is 1. The highest BCUT2D eigenvalue weighted by atomic mass is 79.9. The van der Waals surface area contributed by atoms with E-state index in [4.69, 9.17) is 0 Å². The smallest absolute Gasteiger partial charge is 0.255 e. The molecule has 0 aliphatic rings. The molecule has 0 fully saturated rings. The molecule has 1 aromatic rings. The summed E-state index contributed by atoms with van der Waals surface area (Å²) in [6.45, 7) is 4.56. The average molecular weight is 327 g/mol. The van der Waals surface area contributed by atoms with Crippen LogP contribution < -0.4 is 5.32 Å². The van der Waals surface area contributed by atoms with E-state index in [1.165, 1.54) is 0 Å². The lowest BCUT2D eigenvalue weighted by molar-refractivity contribution is -0.121. The van der Waals surface area contributed by atoms with Crippen LogP contribution in [-0.2, 0) is 4.79 Å². The zero-order valence-corrected chi connectivity index (χ0v) is 13.1. The van der Waals surface area contributed by atoms with Crippen molar-refractivity contribution in [2.75, 3.05) is 20.1 Å². The maximum absolute atomic E-state index is 12.5. The number of nitrogens with one attached hydrogen (secondary N) is 1. The van der Waals surface area contributed by atoms with Crippen LogP contribution in [0.4, 0.5) is 0 Å². The third kappa shape index (κ3) is 4.06. The van der Waals surface area contributed by atoms with Gasteiger partial charge in [-0.1, -0.05) is 19.1 Å². The Kier molecular flexibility index (Phi) is 6.02. The van der Waals surface area contributed by atoms with Crippen LogP contribution in [0, 0.1) is 6.92 Å². The van der Waals surface area contributed by atoms with E-state index in [1.807, 2.05) is 26.0 Å². The second kappa shape index (κ2) is 7.28. The molecule has 0 bridgehead atoms. The van der Waals surface area contributed by atoms with E-state index < -0.39 is 0 Å². The summed E-state index contributed by atoms with van der Waals surface area (Å²) in [6.07, 6.45) is 0.812. The molecular weight excluding hydrogens is 308 g/mol. The highest BCUT2D eigenvalue weighted by Crippen LogP contribution is 2.22. The lowest BCUT2D eigenvalue weighted by atomic mass is 10.1. The molecule has 5 heteroatoms. The first-order valence-electron chi connectivity index (χ1n) is 6.26. The van der Waals surface area contributed by atoms with Crippen LogP contribution in [0.3, 0.4) is 0 Å². The van der Waals surface area contributed by atoms with E-state index in [0.29, 0.717) is 12.1 Å². The van der Waals surface area contributed by atoms with Gasteiger partial charge in [0.15, 0.2) is 0 Å². The fourth-order valence-electron chi connectivity index (χ4n) is 1.76. The summed E-state index contributed by atoms with van der Waals surface area (Å²) in [7, 11) is 1.57. The second-order valence-electron chi connectivity index (χ2n) is 4.34. The lowest BCUT2D eigenvalue weighted by Crippen LogP contribution is -2.40. The quantitative estimate of drug-likeness (QED) is 0.903. The fourth-order valence-corrected chi connectivity index (χ4v) is 2.19. The molecule has 1 rings (SSSR count). The Morgan fingerprint density at radius 3 is 2.63 bits per heavy atom. The molecular formula is C14H19BrN2O2. The molecule has 1 aromatic carbocycles. The van der Waals surface area contributed by atoms with Gasteiger partial charge >= 0.3 is 0 Å². The maximum Gasteiger partial charge on any atom is 0.255 e. The molecule has 4 nitrogen and oxygen atoms in total. The number of carbonyl (C=O) groups is 2. The highest BCUT2D eigenvalue weighted by Gasteiger charge is 2.20. The normalized spacial score (nSPS) is 10.1. The minimum Gasteiger partial charge on any atom is -0.358 e. The summed E-state index contributed by atoms with van der Waals surface area (Å²) in [4.78, 5) is 25.5. The Hall–Kier alpha value is -1.36. The van der Waals surface area contributed by atoms with Crippen LogP contribution in [-0.4, -0.2) is 36.9 Å². The Labute approximate surface area is 122 Å². The first kappa shape index (κ1) is 15.7. The number of halogens is 1. The fraction of sp³-hybridized carbons (Fsp3) is 0.429. The Bertz CT molecular complexity index is 475. The third-order valence-electron chi connectivity index (χ3n) is 2.82. The van der Waals surface area contributed by atoms with Gasteiger partial charge in [0.1, 0.15) is 0 Å². The number of benzene rings is 1. The number of hydrogen-bond donors (Lipinski definition) is 1. The van der Waals surface area contributed by atoms with Crippen molar-refractivity contribution in [3.63, 3.8) is 0 Å². The average Bonchev–Trinajstić information content (AvgIpc) is 2.40. The Morgan fingerprint density at radius 1 is 1.37 bits per heavy atom. The molecule has 1 N–H and O–H groups in total. The van der Waals surface area contributed by atoms with Gasteiger partial charge < -0.3 is 10.2 Å². The summed E-state index contributed by atoms with van der Waals surface area (Å²) in [5.41, 5.74) is 1.60. The van der Waals surface area contributed by atoms with Crippen molar-refractivity contribution >= 4 is 27.7 Å². The van der Waals surface area contributed by atoms with Gasteiger partial charge in [0.05, 0.1) is 12.1 Å². The van der Waals surface area contributed by atoms with Crippen molar-refractivity contribution in [1.29, 1.82) is 0 Å². The summed E-state index contributed by atoms with van der Waals surface area (Å²) < 4.78 is 0.790. The molecule has 104 valence electrons. The molecule has 0 aromatic heterocycles. The molecule has 0 spiro atoms. The summed E-state index contributed by atoms with van der Waals surface area (Å²) >= 11 is 3.44. The van der Waals surface area contributed by atoms with E-state index in [0.717, 1.165) is 16.5 Å². The zero-order chi connectivity index (χ0) is 14.4. The number of aryl methyl sites for hydroxylation is 1. The Balaban J connectivity index is 2.98. The van der Waals surface area contributed by atoms with Gasteiger partial charge in [-0.3, -0.25) is 9.59 Å². The highest BCUT2D eigenvalue weighted by molar-refractivity contribution is 9.10. The molecule has 0 heterocycles. The van der Waals surface area contributed by atoms with Gasteiger partial charge in [0.25, 0.3) is 5.91 Å². The summed E-state index contributed by atoms with van der Waals surface area (Å²) in [6, 6.07) is 5.55. The van der Waals surface area contributed by atoms with Crippen LogP contribution in [0.1, 0.15) is 29.3 Å². The van der Waals surface area contributed by atoms with Gasteiger partial charge in [-0.2, -0.15) is 0 Å². The zero-order valence-electron chi connectivity index (χ0n) is 11.5. The SMILES string of the molecule is CCCN(CC(=O)NC)C(=O)c1cccc(C)c1Br. The standard InChI is InChI=1S/C14H19BrN2O2/c1-4-8-17(9-12(18)16-3)14(19)11-7-5-6-10(2)13(11)15/h5-7H,4,8-9H2,1-3H3,(H,16,18). The van der Waals surface area contributed by atoms with E-state index in [1.54, 1.807) is 18.0 Å². The molecule has 0 aliphatic heterocycles. The summed E-state index contributed by atoms with van der Waals surface area (Å²) in [5.74, 6) is -0.286. The van der Waals surface area contributed by atoms with Gasteiger partial charge in [-0.25, -0.2) is 0 Å². The largest absolute Gasteiger partial charge is 0.358 e. The first-order valence-corrected chi connectivity index (χ1v) is 7.05. The van der Waals surface area contributed by atoms with E-state index in [9.17, 15) is 9.59 Å². The van der Waals surface area contributed by atoms with Crippen LogP contribution in [0.25, 0.3) is 0 Å². The number of carbonyl (C=O) groups excluding carboxylic acids is 2.